The molecule has 2 saturated heterocycles. The van der Waals surface area contributed by atoms with E-state index in [1.54, 1.807) is 24.3 Å². The zero-order chi connectivity index (χ0) is 15.6. The van der Waals surface area contributed by atoms with E-state index in [1.807, 2.05) is 0 Å². The number of ether oxygens (including phenoxy) is 2. The van der Waals surface area contributed by atoms with Gasteiger partial charge in [-0.2, -0.15) is 0 Å². The Bertz CT molecular complexity index is 577. The predicted octanol–water partition coefficient (Wildman–Crippen LogP) is 1.64. The smallest absolute Gasteiger partial charge is 0.313 e. The van der Waals surface area contributed by atoms with Crippen molar-refractivity contribution in [2.45, 2.75) is 18.6 Å². The van der Waals surface area contributed by atoms with Crippen LogP contribution in [0.2, 0.25) is 5.02 Å². The van der Waals surface area contributed by atoms with Gasteiger partial charge in [-0.3, -0.25) is 9.59 Å². The first-order valence-electron chi connectivity index (χ1n) is 7.22. The fourth-order valence-electron chi connectivity index (χ4n) is 2.72. The minimum absolute atomic E-state index is 0.397. The summed E-state index contributed by atoms with van der Waals surface area (Å²) in [5.41, 5.74) is 0.429. The number of rotatable bonds is 1. The largest absolute Gasteiger partial charge is 0.347 e. The van der Waals surface area contributed by atoms with Crippen LogP contribution in [0.1, 0.15) is 12.8 Å². The van der Waals surface area contributed by atoms with Gasteiger partial charge in [-0.15, -0.1) is 0 Å². The molecule has 0 saturated carbocycles. The molecule has 22 heavy (non-hydrogen) atoms. The molecule has 0 atom stereocenters. The van der Waals surface area contributed by atoms with Gasteiger partial charge in [0.1, 0.15) is 0 Å². The minimum Gasteiger partial charge on any atom is -0.347 e. The van der Waals surface area contributed by atoms with Gasteiger partial charge < -0.3 is 19.7 Å². The molecule has 1 aromatic carbocycles. The zero-order valence-electron chi connectivity index (χ0n) is 12.0. The molecular formula is C15H17ClN2O4. The van der Waals surface area contributed by atoms with Gasteiger partial charge in [0.2, 0.25) is 0 Å². The maximum Gasteiger partial charge on any atom is 0.313 e. The molecule has 0 aliphatic carbocycles. The monoisotopic (exact) mass is 324 g/mol. The van der Waals surface area contributed by atoms with E-state index in [0.717, 1.165) is 0 Å². The summed E-state index contributed by atoms with van der Waals surface area (Å²) in [6.07, 6.45) is 1.16. The SMILES string of the molecule is O=C(Nc1ccccc1Cl)C(=O)N1CCC2(CC1)OCCO2. The molecule has 118 valence electrons. The number of hydrogen-bond acceptors (Lipinski definition) is 4. The fraction of sp³-hybridized carbons (Fsp3) is 0.467. The predicted molar refractivity (Wildman–Crippen MR) is 80.5 cm³/mol. The Balaban J connectivity index is 1.58. The third-order valence-corrected chi connectivity index (χ3v) is 4.27. The van der Waals surface area contributed by atoms with Crippen LogP contribution in [0.4, 0.5) is 5.69 Å². The van der Waals surface area contributed by atoms with Crippen LogP contribution in [-0.2, 0) is 19.1 Å². The van der Waals surface area contributed by atoms with Gasteiger partial charge in [0.05, 0.1) is 23.9 Å². The summed E-state index contributed by atoms with van der Waals surface area (Å²) in [7, 11) is 0. The fourth-order valence-corrected chi connectivity index (χ4v) is 2.90. The van der Waals surface area contributed by atoms with Crippen LogP contribution in [0.25, 0.3) is 0 Å². The summed E-state index contributed by atoms with van der Waals surface area (Å²) in [5, 5.41) is 2.94. The maximum atomic E-state index is 12.2. The molecule has 2 heterocycles. The normalized spacial score (nSPS) is 20.1. The second-order valence-electron chi connectivity index (χ2n) is 5.33. The lowest BCUT2D eigenvalue weighted by molar-refractivity contribution is -0.187. The summed E-state index contributed by atoms with van der Waals surface area (Å²) in [6.45, 7) is 2.05. The summed E-state index contributed by atoms with van der Waals surface area (Å²) in [4.78, 5) is 25.8. The lowest BCUT2D eigenvalue weighted by Crippen LogP contribution is -2.50. The average Bonchev–Trinajstić information content (AvgIpc) is 2.98. The van der Waals surface area contributed by atoms with E-state index in [-0.39, 0.29) is 0 Å². The van der Waals surface area contributed by atoms with Crippen molar-refractivity contribution < 1.29 is 19.1 Å². The highest BCUT2D eigenvalue weighted by molar-refractivity contribution is 6.41. The van der Waals surface area contributed by atoms with Gasteiger partial charge >= 0.3 is 11.8 Å². The van der Waals surface area contributed by atoms with Crippen LogP contribution in [0.3, 0.4) is 0 Å². The van der Waals surface area contributed by atoms with Crippen LogP contribution in [-0.4, -0.2) is 48.8 Å². The molecule has 2 aliphatic rings. The van der Waals surface area contributed by atoms with Gasteiger partial charge in [0, 0.05) is 25.9 Å². The van der Waals surface area contributed by atoms with Crippen LogP contribution < -0.4 is 5.32 Å². The minimum atomic E-state index is -0.683. The average molecular weight is 325 g/mol. The Kier molecular flexibility index (Phi) is 4.33. The second-order valence-corrected chi connectivity index (χ2v) is 5.74. The molecule has 6 nitrogen and oxygen atoms in total. The molecule has 3 rings (SSSR count). The van der Waals surface area contributed by atoms with E-state index in [4.69, 9.17) is 21.1 Å². The number of hydrogen-bond donors (Lipinski definition) is 1. The molecule has 0 bridgehead atoms. The molecule has 0 radical (unpaired) electrons. The summed E-state index contributed by atoms with van der Waals surface area (Å²) >= 11 is 5.97. The van der Waals surface area contributed by atoms with Crippen molar-refractivity contribution in [3.05, 3.63) is 29.3 Å². The third-order valence-electron chi connectivity index (χ3n) is 3.94. The number of amides is 2. The van der Waals surface area contributed by atoms with Crippen molar-refractivity contribution >= 4 is 29.1 Å². The number of benzene rings is 1. The topological polar surface area (TPSA) is 67.9 Å². The van der Waals surface area contributed by atoms with Crippen LogP contribution >= 0.6 is 11.6 Å². The first-order valence-corrected chi connectivity index (χ1v) is 7.60. The Hall–Kier alpha value is -1.63. The lowest BCUT2D eigenvalue weighted by atomic mass is 10.0. The molecule has 0 unspecified atom stereocenters. The van der Waals surface area contributed by atoms with Crippen molar-refractivity contribution in [2.75, 3.05) is 31.6 Å². The van der Waals surface area contributed by atoms with Crippen molar-refractivity contribution in [2.24, 2.45) is 0 Å². The molecule has 0 aromatic heterocycles. The number of anilines is 1. The van der Waals surface area contributed by atoms with Gasteiger partial charge in [-0.05, 0) is 12.1 Å². The number of nitrogens with one attached hydrogen (secondary N) is 1. The van der Waals surface area contributed by atoms with E-state index in [2.05, 4.69) is 5.32 Å². The standard InChI is InChI=1S/C15H17ClN2O4/c16-11-3-1-2-4-12(11)17-13(19)14(20)18-7-5-15(6-8-18)21-9-10-22-15/h1-4H,5-10H2,(H,17,19). The molecular weight excluding hydrogens is 308 g/mol. The number of halogens is 1. The summed E-state index contributed by atoms with van der Waals surface area (Å²) < 4.78 is 11.2. The van der Waals surface area contributed by atoms with Gasteiger partial charge in [-0.25, -0.2) is 0 Å². The van der Waals surface area contributed by atoms with Gasteiger partial charge in [0.15, 0.2) is 5.79 Å². The molecule has 1 aromatic rings. The first-order chi connectivity index (χ1) is 10.6. The van der Waals surface area contributed by atoms with Crippen molar-refractivity contribution in [3.63, 3.8) is 0 Å². The Morgan fingerprint density at radius 3 is 2.41 bits per heavy atom. The highest BCUT2D eigenvalue weighted by Crippen LogP contribution is 2.31. The molecule has 1 spiro atoms. The van der Waals surface area contributed by atoms with Crippen LogP contribution in [0, 0.1) is 0 Å². The van der Waals surface area contributed by atoms with E-state index in [1.165, 1.54) is 4.90 Å². The quantitative estimate of drug-likeness (QED) is 0.798. The highest BCUT2D eigenvalue weighted by Gasteiger charge is 2.41. The zero-order valence-corrected chi connectivity index (χ0v) is 12.8. The third kappa shape index (κ3) is 3.09. The number of piperidine rings is 1. The van der Waals surface area contributed by atoms with E-state index in [0.29, 0.717) is 49.9 Å². The summed E-state index contributed by atoms with van der Waals surface area (Å²) in [5.74, 6) is -1.80. The number of carbonyl (C=O) groups is 2. The van der Waals surface area contributed by atoms with Crippen molar-refractivity contribution in [3.8, 4) is 0 Å². The van der Waals surface area contributed by atoms with E-state index < -0.39 is 17.6 Å². The number of carbonyl (C=O) groups excluding carboxylic acids is 2. The first kappa shape index (κ1) is 15.3. The lowest BCUT2D eigenvalue weighted by Gasteiger charge is -2.37. The Morgan fingerprint density at radius 2 is 1.77 bits per heavy atom. The Labute approximate surface area is 133 Å². The van der Waals surface area contributed by atoms with Crippen LogP contribution in [0.15, 0.2) is 24.3 Å². The van der Waals surface area contributed by atoms with E-state index >= 15 is 0 Å². The second kappa shape index (κ2) is 6.24. The summed E-state index contributed by atoms with van der Waals surface area (Å²) in [6, 6.07) is 6.80. The number of likely N-dealkylation sites (tertiary alicyclic amines) is 1. The number of nitrogens with zero attached hydrogens (tertiary/aromatic N) is 1. The molecule has 2 fully saturated rings. The van der Waals surface area contributed by atoms with Gasteiger partial charge in [-0.1, -0.05) is 23.7 Å². The van der Waals surface area contributed by atoms with Crippen LogP contribution in [0.5, 0.6) is 0 Å². The van der Waals surface area contributed by atoms with E-state index in [9.17, 15) is 9.59 Å². The van der Waals surface area contributed by atoms with Crippen molar-refractivity contribution in [1.82, 2.24) is 4.90 Å². The molecule has 2 aliphatic heterocycles. The molecule has 2 amide bonds. The Morgan fingerprint density at radius 1 is 1.14 bits per heavy atom. The van der Waals surface area contributed by atoms with Gasteiger partial charge in [0.25, 0.3) is 0 Å². The molecule has 1 N–H and O–H groups in total. The maximum absolute atomic E-state index is 12.2. The number of para-hydroxylation sites is 1. The van der Waals surface area contributed by atoms with Crippen molar-refractivity contribution in [1.29, 1.82) is 0 Å². The molecule has 7 heteroatoms. The highest BCUT2D eigenvalue weighted by atomic mass is 35.5.